The minimum Gasteiger partial charge on any atom is -0.493 e. The van der Waals surface area contributed by atoms with E-state index in [0.717, 1.165) is 21.8 Å². The first kappa shape index (κ1) is 24.6. The fraction of sp³-hybridized carbons (Fsp3) is 0.250. The molecule has 0 saturated heterocycles. The molecule has 0 saturated carbocycles. The molecule has 0 fully saturated rings. The Morgan fingerprint density at radius 2 is 1.77 bits per heavy atom. The van der Waals surface area contributed by atoms with E-state index in [1.807, 2.05) is 42.5 Å². The molecule has 0 aliphatic carbocycles. The van der Waals surface area contributed by atoms with Crippen LogP contribution in [0.3, 0.4) is 0 Å². The number of hydrogen-bond donors (Lipinski definition) is 4. The Balaban J connectivity index is 1.26. The molecule has 0 aliphatic heterocycles. The van der Waals surface area contributed by atoms with Gasteiger partial charge in [0.25, 0.3) is 0 Å². The number of aromatic nitrogens is 1. The lowest BCUT2D eigenvalue weighted by Gasteiger charge is -2.15. The first-order chi connectivity index (χ1) is 16.8. The Kier molecular flexibility index (Phi) is 7.61. The van der Waals surface area contributed by atoms with Gasteiger partial charge in [-0.05, 0) is 30.3 Å². The topological polar surface area (TPSA) is 139 Å². The lowest BCUT2D eigenvalue weighted by Crippen LogP contribution is -2.33. The molecule has 10 nitrogen and oxygen atoms in total. The van der Waals surface area contributed by atoms with Crippen molar-refractivity contribution >= 4 is 32.2 Å². The van der Waals surface area contributed by atoms with E-state index in [4.69, 9.17) is 18.8 Å². The molecule has 35 heavy (non-hydrogen) atoms. The van der Waals surface area contributed by atoms with Crippen LogP contribution in [0.2, 0.25) is 0 Å². The zero-order valence-corrected chi connectivity index (χ0v) is 19.7. The molecular weight excluding hydrogens is 476 g/mol. The standard InChI is InChI=1S/C24H26N2O8S/c1-31-21-10-9-17(34-35(28,29)30)13-23(21)32-12-11-25-14-16(27)15-33-22-8-4-7-20-24(22)18-5-2-3-6-19(18)26-20/h2-10,13,16,25-27H,11-12,14-15H2,1H3,(H,28,29,30)/t16-/m1/s1. The molecule has 186 valence electrons. The zero-order valence-electron chi connectivity index (χ0n) is 18.9. The number of benzene rings is 3. The average molecular weight is 503 g/mol. The number of hydrogen-bond acceptors (Lipinski definition) is 8. The molecule has 11 heteroatoms. The van der Waals surface area contributed by atoms with Crippen LogP contribution in [0, 0.1) is 0 Å². The van der Waals surface area contributed by atoms with E-state index in [2.05, 4.69) is 14.5 Å². The number of rotatable bonds is 12. The van der Waals surface area contributed by atoms with Crippen LogP contribution in [-0.4, -0.2) is 62.6 Å². The van der Waals surface area contributed by atoms with Crippen molar-refractivity contribution in [3.8, 4) is 23.0 Å². The first-order valence-corrected chi connectivity index (χ1v) is 12.2. The van der Waals surface area contributed by atoms with Crippen LogP contribution in [0.15, 0.2) is 60.7 Å². The van der Waals surface area contributed by atoms with E-state index >= 15 is 0 Å². The van der Waals surface area contributed by atoms with Crippen LogP contribution in [0.25, 0.3) is 21.8 Å². The number of methoxy groups -OCH3 is 1. The Labute approximate surface area is 202 Å². The van der Waals surface area contributed by atoms with Gasteiger partial charge in [-0.1, -0.05) is 24.3 Å². The van der Waals surface area contributed by atoms with Crippen molar-refractivity contribution in [2.75, 3.05) is 33.4 Å². The average Bonchev–Trinajstić information content (AvgIpc) is 3.21. The molecule has 4 N–H and O–H groups in total. The lowest BCUT2D eigenvalue weighted by molar-refractivity contribution is 0.106. The van der Waals surface area contributed by atoms with E-state index < -0.39 is 16.5 Å². The summed E-state index contributed by atoms with van der Waals surface area (Å²) in [5.74, 6) is 1.19. The summed E-state index contributed by atoms with van der Waals surface area (Å²) in [5, 5.41) is 15.4. The van der Waals surface area contributed by atoms with Gasteiger partial charge in [0.15, 0.2) is 11.5 Å². The van der Waals surface area contributed by atoms with Crippen molar-refractivity contribution in [1.82, 2.24) is 10.3 Å². The second-order valence-corrected chi connectivity index (χ2v) is 8.71. The third kappa shape index (κ3) is 6.34. The zero-order chi connectivity index (χ0) is 24.8. The Morgan fingerprint density at radius 3 is 2.57 bits per heavy atom. The van der Waals surface area contributed by atoms with Crippen LogP contribution in [0.1, 0.15) is 0 Å². The minimum absolute atomic E-state index is 0.106. The van der Waals surface area contributed by atoms with Crippen LogP contribution in [-0.2, 0) is 10.4 Å². The van der Waals surface area contributed by atoms with Gasteiger partial charge in [0.05, 0.1) is 12.6 Å². The Bertz CT molecular complexity index is 1400. The van der Waals surface area contributed by atoms with Gasteiger partial charge in [0.1, 0.15) is 30.8 Å². The fourth-order valence-corrected chi connectivity index (χ4v) is 4.03. The second kappa shape index (κ2) is 10.8. The number of nitrogens with one attached hydrogen (secondary N) is 2. The maximum atomic E-state index is 10.9. The maximum Gasteiger partial charge on any atom is 0.446 e. The predicted octanol–water partition coefficient (Wildman–Crippen LogP) is 2.92. The minimum atomic E-state index is -4.65. The highest BCUT2D eigenvalue weighted by molar-refractivity contribution is 7.81. The summed E-state index contributed by atoms with van der Waals surface area (Å²) in [6.07, 6.45) is -0.753. The third-order valence-corrected chi connectivity index (χ3v) is 5.58. The molecular formula is C24H26N2O8S. The number of para-hydroxylation sites is 1. The van der Waals surface area contributed by atoms with Gasteiger partial charge in [-0.2, -0.15) is 8.42 Å². The fourth-order valence-electron chi connectivity index (χ4n) is 3.68. The molecule has 0 spiro atoms. The highest BCUT2D eigenvalue weighted by Crippen LogP contribution is 2.33. The number of aromatic amines is 1. The normalized spacial score (nSPS) is 12.5. The number of aliphatic hydroxyl groups is 1. The second-order valence-electron chi connectivity index (χ2n) is 7.69. The predicted molar refractivity (Wildman–Crippen MR) is 131 cm³/mol. The molecule has 0 bridgehead atoms. The van der Waals surface area contributed by atoms with Gasteiger partial charge in [-0.25, -0.2) is 0 Å². The number of ether oxygens (including phenoxy) is 3. The van der Waals surface area contributed by atoms with Gasteiger partial charge in [-0.3, -0.25) is 4.55 Å². The summed E-state index contributed by atoms with van der Waals surface area (Å²) in [4.78, 5) is 3.36. The molecule has 0 radical (unpaired) electrons. The van der Waals surface area contributed by atoms with Crippen molar-refractivity contribution in [3.05, 3.63) is 60.7 Å². The molecule has 4 rings (SSSR count). The third-order valence-electron chi connectivity index (χ3n) is 5.18. The van der Waals surface area contributed by atoms with Crippen LogP contribution >= 0.6 is 0 Å². The summed E-state index contributed by atoms with van der Waals surface area (Å²) >= 11 is 0. The summed E-state index contributed by atoms with van der Waals surface area (Å²) in [5.41, 5.74) is 1.99. The number of aliphatic hydroxyl groups excluding tert-OH is 1. The molecule has 1 heterocycles. The monoisotopic (exact) mass is 502 g/mol. The smallest absolute Gasteiger partial charge is 0.446 e. The van der Waals surface area contributed by atoms with Crippen LogP contribution in [0.5, 0.6) is 23.0 Å². The summed E-state index contributed by atoms with van der Waals surface area (Å²) in [6, 6.07) is 17.8. The Hall–Kier alpha value is -3.51. The lowest BCUT2D eigenvalue weighted by atomic mass is 10.1. The quantitative estimate of drug-likeness (QED) is 0.170. The van der Waals surface area contributed by atoms with Crippen molar-refractivity contribution < 1.29 is 36.5 Å². The van der Waals surface area contributed by atoms with Crippen LogP contribution in [0.4, 0.5) is 0 Å². The van der Waals surface area contributed by atoms with E-state index in [-0.39, 0.29) is 31.3 Å². The van der Waals surface area contributed by atoms with E-state index in [1.54, 1.807) is 0 Å². The highest BCUT2D eigenvalue weighted by atomic mass is 32.3. The summed E-state index contributed by atoms with van der Waals surface area (Å²) in [7, 11) is -3.21. The maximum absolute atomic E-state index is 10.9. The van der Waals surface area contributed by atoms with Crippen molar-refractivity contribution in [2.24, 2.45) is 0 Å². The van der Waals surface area contributed by atoms with Crippen molar-refractivity contribution in [2.45, 2.75) is 6.10 Å². The van der Waals surface area contributed by atoms with E-state index in [0.29, 0.717) is 18.0 Å². The molecule has 4 aromatic rings. The largest absolute Gasteiger partial charge is 0.493 e. The van der Waals surface area contributed by atoms with Gasteiger partial charge in [-0.15, -0.1) is 0 Å². The van der Waals surface area contributed by atoms with Gasteiger partial charge >= 0.3 is 10.4 Å². The molecule has 0 aliphatic rings. The van der Waals surface area contributed by atoms with Gasteiger partial charge in [0, 0.05) is 35.4 Å². The first-order valence-electron chi connectivity index (χ1n) is 10.8. The Morgan fingerprint density at radius 1 is 0.971 bits per heavy atom. The van der Waals surface area contributed by atoms with Crippen molar-refractivity contribution in [3.63, 3.8) is 0 Å². The molecule has 1 atom stereocenters. The molecule has 1 aromatic heterocycles. The molecule has 0 amide bonds. The SMILES string of the molecule is COc1ccc(OS(=O)(=O)O)cc1OCCNC[C@@H](O)COc1cccc2[nH]c3ccccc3c12. The van der Waals surface area contributed by atoms with E-state index in [1.165, 1.54) is 25.3 Å². The van der Waals surface area contributed by atoms with Crippen LogP contribution < -0.4 is 23.7 Å². The molecule has 3 aromatic carbocycles. The van der Waals surface area contributed by atoms with Gasteiger partial charge < -0.3 is 33.8 Å². The number of fused-ring (bicyclic) bond motifs is 3. The number of H-pyrrole nitrogens is 1. The summed E-state index contributed by atoms with van der Waals surface area (Å²) in [6.45, 7) is 0.973. The highest BCUT2D eigenvalue weighted by Gasteiger charge is 2.13. The van der Waals surface area contributed by atoms with Gasteiger partial charge in [0.2, 0.25) is 0 Å². The summed E-state index contributed by atoms with van der Waals surface area (Å²) < 4.78 is 51.8. The van der Waals surface area contributed by atoms with Crippen molar-refractivity contribution in [1.29, 1.82) is 0 Å². The molecule has 0 unspecified atom stereocenters. The van der Waals surface area contributed by atoms with E-state index in [9.17, 15) is 13.5 Å².